The summed E-state index contributed by atoms with van der Waals surface area (Å²) in [5.41, 5.74) is 4.64. The Balaban J connectivity index is 0.000000370. The number of unbranched alkanes of at least 4 members (excludes halogenated alkanes) is 3. The predicted molar refractivity (Wildman–Crippen MR) is 80.2 cm³/mol. The van der Waals surface area contributed by atoms with Crippen molar-refractivity contribution in [1.82, 2.24) is 0 Å². The summed E-state index contributed by atoms with van der Waals surface area (Å²) >= 11 is 0. The van der Waals surface area contributed by atoms with Gasteiger partial charge in [0.1, 0.15) is 10.1 Å². The van der Waals surface area contributed by atoms with Gasteiger partial charge in [0.15, 0.2) is 0 Å². The van der Waals surface area contributed by atoms with E-state index < -0.39 is 10.1 Å². The van der Waals surface area contributed by atoms with E-state index >= 15 is 0 Å². The minimum Gasteiger partial charge on any atom is -0.744 e. The SMILES string of the molecule is CCCCC/C=C\C[NH3+].Cc1ccc(S(=O)(=O)[O-])cc1. The van der Waals surface area contributed by atoms with Crippen LogP contribution < -0.4 is 5.73 Å². The van der Waals surface area contributed by atoms with Gasteiger partial charge < -0.3 is 10.3 Å². The van der Waals surface area contributed by atoms with Gasteiger partial charge in [-0.3, -0.25) is 0 Å². The monoisotopic (exact) mass is 299 g/mol. The summed E-state index contributed by atoms with van der Waals surface area (Å²) < 4.78 is 31.2. The highest BCUT2D eigenvalue weighted by Crippen LogP contribution is 2.08. The van der Waals surface area contributed by atoms with Crippen LogP contribution >= 0.6 is 0 Å². The highest BCUT2D eigenvalue weighted by atomic mass is 32.2. The highest BCUT2D eigenvalue weighted by molar-refractivity contribution is 7.85. The Bertz CT molecular complexity index is 478. The maximum absolute atomic E-state index is 10.4. The van der Waals surface area contributed by atoms with Gasteiger partial charge in [0.2, 0.25) is 0 Å². The second-order valence-electron chi connectivity index (χ2n) is 4.52. The topological polar surface area (TPSA) is 84.8 Å². The number of aryl methyl sites for hydroxylation is 1. The van der Waals surface area contributed by atoms with E-state index in [4.69, 9.17) is 0 Å². The van der Waals surface area contributed by atoms with E-state index in [1.165, 1.54) is 37.8 Å². The molecule has 20 heavy (non-hydrogen) atoms. The smallest absolute Gasteiger partial charge is 0.124 e. The van der Waals surface area contributed by atoms with E-state index in [1.54, 1.807) is 12.1 Å². The summed E-state index contributed by atoms with van der Waals surface area (Å²) in [4.78, 5) is -0.178. The Hall–Kier alpha value is -1.17. The molecule has 1 aromatic rings. The van der Waals surface area contributed by atoms with Crippen LogP contribution in [0.2, 0.25) is 0 Å². The predicted octanol–water partition coefficient (Wildman–Crippen LogP) is 2.26. The lowest BCUT2D eigenvalue weighted by atomic mass is 10.2. The number of quaternary nitrogens is 1. The molecule has 0 saturated heterocycles. The van der Waals surface area contributed by atoms with E-state index in [1.807, 2.05) is 6.92 Å². The van der Waals surface area contributed by atoms with Crippen molar-refractivity contribution in [3.63, 3.8) is 0 Å². The fourth-order valence-electron chi connectivity index (χ4n) is 1.45. The first-order chi connectivity index (χ1) is 9.41. The summed E-state index contributed by atoms with van der Waals surface area (Å²) in [6, 6.07) is 5.78. The zero-order valence-electron chi connectivity index (χ0n) is 12.3. The Kier molecular flexibility index (Phi) is 9.98. The summed E-state index contributed by atoms with van der Waals surface area (Å²) in [6.45, 7) is 4.98. The molecule has 1 aromatic carbocycles. The molecular formula is C15H25NO3S. The van der Waals surface area contributed by atoms with Crippen LogP contribution in [0.5, 0.6) is 0 Å². The Morgan fingerprint density at radius 2 is 1.75 bits per heavy atom. The molecule has 0 fully saturated rings. The van der Waals surface area contributed by atoms with Gasteiger partial charge in [0.05, 0.1) is 11.4 Å². The van der Waals surface area contributed by atoms with Crippen molar-refractivity contribution in [1.29, 1.82) is 0 Å². The van der Waals surface area contributed by atoms with Crippen LogP contribution in [0.15, 0.2) is 41.3 Å². The van der Waals surface area contributed by atoms with Crippen LogP contribution in [0.3, 0.4) is 0 Å². The van der Waals surface area contributed by atoms with E-state index in [2.05, 4.69) is 24.8 Å². The molecule has 0 aromatic heterocycles. The summed E-state index contributed by atoms with van der Waals surface area (Å²) in [5, 5.41) is 0. The molecule has 0 bridgehead atoms. The molecule has 0 aliphatic rings. The molecule has 0 aliphatic carbocycles. The average Bonchev–Trinajstić information content (AvgIpc) is 2.39. The maximum atomic E-state index is 10.4. The third-order valence-electron chi connectivity index (χ3n) is 2.62. The molecule has 114 valence electrons. The van der Waals surface area contributed by atoms with Crippen molar-refractivity contribution in [3.8, 4) is 0 Å². The van der Waals surface area contributed by atoms with Gasteiger partial charge in [-0.25, -0.2) is 8.42 Å². The first-order valence-corrected chi connectivity index (χ1v) is 8.29. The van der Waals surface area contributed by atoms with Crippen LogP contribution in [0.4, 0.5) is 0 Å². The van der Waals surface area contributed by atoms with Gasteiger partial charge >= 0.3 is 0 Å². The molecule has 0 spiro atoms. The van der Waals surface area contributed by atoms with Crippen molar-refractivity contribution in [2.45, 2.75) is 44.4 Å². The lowest BCUT2D eigenvalue weighted by Gasteiger charge is -2.05. The summed E-state index contributed by atoms with van der Waals surface area (Å²) in [5.74, 6) is 0. The Morgan fingerprint density at radius 1 is 1.15 bits per heavy atom. The van der Waals surface area contributed by atoms with E-state index in [-0.39, 0.29) is 4.90 Å². The minimum absolute atomic E-state index is 0.178. The lowest BCUT2D eigenvalue weighted by Crippen LogP contribution is -2.49. The molecule has 0 unspecified atom stereocenters. The van der Waals surface area contributed by atoms with Crippen LogP contribution in [-0.2, 0) is 10.1 Å². The zero-order valence-corrected chi connectivity index (χ0v) is 13.2. The van der Waals surface area contributed by atoms with Crippen molar-refractivity contribution in [3.05, 3.63) is 42.0 Å². The van der Waals surface area contributed by atoms with Gasteiger partial charge in [-0.15, -0.1) is 0 Å². The molecule has 3 N–H and O–H groups in total. The molecule has 0 amide bonds. The molecule has 0 radical (unpaired) electrons. The number of rotatable bonds is 6. The Morgan fingerprint density at radius 3 is 2.20 bits per heavy atom. The normalized spacial score (nSPS) is 11.2. The highest BCUT2D eigenvalue weighted by Gasteiger charge is 1.97. The second-order valence-corrected chi connectivity index (χ2v) is 5.90. The van der Waals surface area contributed by atoms with Gasteiger partial charge in [-0.1, -0.05) is 43.5 Å². The summed E-state index contributed by atoms with van der Waals surface area (Å²) in [6.07, 6.45) is 9.62. The van der Waals surface area contributed by atoms with Gasteiger partial charge in [0.25, 0.3) is 0 Å². The molecule has 0 saturated carbocycles. The van der Waals surface area contributed by atoms with Gasteiger partial charge in [-0.2, -0.15) is 0 Å². The number of hydrogen-bond donors (Lipinski definition) is 1. The standard InChI is InChI=1S/C8H17N.C7H8O3S/c1-2-3-4-5-6-7-8-9;1-6-2-4-7(5-3-6)11(8,9)10/h6-7H,2-5,8-9H2,1H3;2-5H,1H3,(H,8,9,10)/b7-6-;. The molecule has 0 aliphatic heterocycles. The second kappa shape index (κ2) is 10.6. The number of benzene rings is 1. The van der Waals surface area contributed by atoms with Crippen molar-refractivity contribution in [2.24, 2.45) is 0 Å². The maximum Gasteiger partial charge on any atom is 0.124 e. The Labute approximate surface area is 122 Å². The third kappa shape index (κ3) is 9.72. The number of allylic oxidation sites excluding steroid dienone is 1. The molecule has 0 atom stereocenters. The first-order valence-electron chi connectivity index (χ1n) is 6.88. The third-order valence-corrected chi connectivity index (χ3v) is 3.47. The van der Waals surface area contributed by atoms with Crippen LogP contribution in [0.25, 0.3) is 0 Å². The van der Waals surface area contributed by atoms with Crippen LogP contribution in [0, 0.1) is 6.92 Å². The van der Waals surface area contributed by atoms with Gasteiger partial charge in [0, 0.05) is 0 Å². The quantitative estimate of drug-likeness (QED) is 0.496. The van der Waals surface area contributed by atoms with E-state index in [0.717, 1.165) is 12.1 Å². The molecule has 1 rings (SSSR count). The van der Waals surface area contributed by atoms with E-state index in [9.17, 15) is 13.0 Å². The zero-order chi connectivity index (χ0) is 15.4. The fraction of sp³-hybridized carbons (Fsp3) is 0.467. The summed E-state index contributed by atoms with van der Waals surface area (Å²) in [7, 11) is -4.27. The molecule has 0 heterocycles. The average molecular weight is 299 g/mol. The van der Waals surface area contributed by atoms with Crippen molar-refractivity contribution in [2.75, 3.05) is 6.54 Å². The lowest BCUT2D eigenvalue weighted by molar-refractivity contribution is -0.352. The van der Waals surface area contributed by atoms with Crippen LogP contribution in [0.1, 0.15) is 38.2 Å². The number of hydrogen-bond acceptors (Lipinski definition) is 3. The first kappa shape index (κ1) is 18.8. The van der Waals surface area contributed by atoms with Crippen LogP contribution in [-0.4, -0.2) is 19.5 Å². The minimum atomic E-state index is -4.27. The van der Waals surface area contributed by atoms with Gasteiger partial charge in [-0.05, 0) is 38.0 Å². The molecule has 4 nitrogen and oxygen atoms in total. The molecular weight excluding hydrogens is 274 g/mol. The van der Waals surface area contributed by atoms with Crippen molar-refractivity contribution >= 4 is 10.1 Å². The fourth-order valence-corrected chi connectivity index (χ4v) is 1.92. The largest absolute Gasteiger partial charge is 0.744 e. The van der Waals surface area contributed by atoms with Crippen molar-refractivity contribution < 1.29 is 18.7 Å². The molecule has 5 heteroatoms. The van der Waals surface area contributed by atoms with E-state index in [0.29, 0.717) is 0 Å².